The third-order valence-electron chi connectivity index (χ3n) is 5.13. The lowest BCUT2D eigenvalue weighted by atomic mass is 10.1. The van der Waals surface area contributed by atoms with E-state index in [0.29, 0.717) is 12.1 Å². The summed E-state index contributed by atoms with van der Waals surface area (Å²) in [7, 11) is 6.05. The summed E-state index contributed by atoms with van der Waals surface area (Å²) in [6, 6.07) is 14.2. The van der Waals surface area contributed by atoms with Gasteiger partial charge in [0, 0.05) is 30.9 Å². The van der Waals surface area contributed by atoms with Gasteiger partial charge in [-0.25, -0.2) is 4.98 Å². The van der Waals surface area contributed by atoms with Crippen LogP contribution in [0.2, 0.25) is 0 Å². The molecule has 1 amide bonds. The van der Waals surface area contributed by atoms with Crippen LogP contribution in [0.25, 0.3) is 32.8 Å². The van der Waals surface area contributed by atoms with Crippen LogP contribution in [0.5, 0.6) is 0 Å². The van der Waals surface area contributed by atoms with Crippen molar-refractivity contribution in [3.63, 3.8) is 0 Å². The third-order valence-corrected chi connectivity index (χ3v) is 5.13. The number of benzene rings is 2. The molecule has 4 aromatic rings. The van der Waals surface area contributed by atoms with Crippen molar-refractivity contribution in [3.05, 3.63) is 53.6 Å². The number of hydrogen-bond donors (Lipinski definition) is 1. The number of nitrogens with one attached hydrogen (secondary N) is 1. The van der Waals surface area contributed by atoms with E-state index >= 15 is 0 Å². The predicted molar refractivity (Wildman–Crippen MR) is 111 cm³/mol. The van der Waals surface area contributed by atoms with Gasteiger partial charge in [0.1, 0.15) is 0 Å². The molecule has 0 unspecified atom stereocenters. The lowest BCUT2D eigenvalue weighted by Gasteiger charge is -2.11. The van der Waals surface area contributed by atoms with Gasteiger partial charge >= 0.3 is 0 Å². The van der Waals surface area contributed by atoms with Crippen molar-refractivity contribution in [2.45, 2.75) is 6.92 Å². The lowest BCUT2D eigenvalue weighted by Crippen LogP contribution is -2.31. The van der Waals surface area contributed by atoms with Crippen LogP contribution in [-0.2, 0) is 7.05 Å². The topological polar surface area (TPSA) is 50.2 Å². The summed E-state index contributed by atoms with van der Waals surface area (Å²) < 4.78 is 2.17. The van der Waals surface area contributed by atoms with Gasteiger partial charge in [-0.3, -0.25) is 4.79 Å². The van der Waals surface area contributed by atoms with E-state index in [0.717, 1.165) is 39.4 Å². The summed E-state index contributed by atoms with van der Waals surface area (Å²) in [5.74, 6) is -0.0775. The Labute approximate surface area is 158 Å². The highest BCUT2D eigenvalue weighted by Crippen LogP contribution is 2.32. The highest BCUT2D eigenvalue weighted by molar-refractivity contribution is 6.13. The van der Waals surface area contributed by atoms with Gasteiger partial charge in [0.2, 0.25) is 0 Å². The summed E-state index contributed by atoms with van der Waals surface area (Å²) in [6.07, 6.45) is 0. The van der Waals surface area contributed by atoms with Crippen molar-refractivity contribution in [1.29, 1.82) is 0 Å². The Kier molecular flexibility index (Phi) is 4.32. The number of amides is 1. The van der Waals surface area contributed by atoms with Crippen LogP contribution in [0.15, 0.2) is 42.5 Å². The second kappa shape index (κ2) is 6.67. The van der Waals surface area contributed by atoms with Gasteiger partial charge in [-0.05, 0) is 44.8 Å². The number of carbonyl (C=O) groups excluding carboxylic acids is 1. The zero-order chi connectivity index (χ0) is 19.1. The Morgan fingerprint density at radius 3 is 2.67 bits per heavy atom. The van der Waals surface area contributed by atoms with Gasteiger partial charge in [-0.2, -0.15) is 0 Å². The maximum atomic E-state index is 12.7. The maximum absolute atomic E-state index is 12.7. The molecule has 0 aliphatic heterocycles. The van der Waals surface area contributed by atoms with E-state index in [1.54, 1.807) is 0 Å². The van der Waals surface area contributed by atoms with Gasteiger partial charge in [-0.15, -0.1) is 0 Å². The van der Waals surface area contributed by atoms with Crippen LogP contribution >= 0.6 is 0 Å². The number of rotatable bonds is 4. The monoisotopic (exact) mass is 360 g/mol. The van der Waals surface area contributed by atoms with Gasteiger partial charge in [0.25, 0.3) is 5.91 Å². The highest BCUT2D eigenvalue weighted by atomic mass is 16.1. The molecular weight excluding hydrogens is 336 g/mol. The average Bonchev–Trinajstić information content (AvgIpc) is 2.92. The summed E-state index contributed by atoms with van der Waals surface area (Å²) in [5.41, 5.74) is 5.76. The zero-order valence-corrected chi connectivity index (χ0v) is 16.2. The fourth-order valence-electron chi connectivity index (χ4n) is 3.67. The predicted octanol–water partition coefficient (Wildman–Crippen LogP) is 3.48. The molecule has 1 N–H and O–H groups in total. The lowest BCUT2D eigenvalue weighted by molar-refractivity contribution is 0.0952. The van der Waals surface area contributed by atoms with Gasteiger partial charge in [0.15, 0.2) is 0 Å². The maximum Gasteiger partial charge on any atom is 0.253 e. The van der Waals surface area contributed by atoms with Gasteiger partial charge in [-0.1, -0.05) is 24.3 Å². The van der Waals surface area contributed by atoms with E-state index in [2.05, 4.69) is 48.1 Å². The minimum atomic E-state index is -0.0775. The van der Waals surface area contributed by atoms with E-state index in [-0.39, 0.29) is 5.91 Å². The Hall–Kier alpha value is -2.92. The minimum Gasteiger partial charge on any atom is -0.351 e. The molecule has 5 nitrogen and oxygen atoms in total. The Morgan fingerprint density at radius 2 is 1.89 bits per heavy atom. The Balaban J connectivity index is 1.90. The van der Waals surface area contributed by atoms with Crippen molar-refractivity contribution in [1.82, 2.24) is 19.8 Å². The fraction of sp³-hybridized carbons (Fsp3) is 0.273. The van der Waals surface area contributed by atoms with Gasteiger partial charge in [0.05, 0.1) is 27.6 Å². The highest BCUT2D eigenvalue weighted by Gasteiger charge is 2.16. The van der Waals surface area contributed by atoms with Crippen LogP contribution < -0.4 is 5.32 Å². The molecule has 0 radical (unpaired) electrons. The number of carbonyl (C=O) groups is 1. The van der Waals surface area contributed by atoms with E-state index in [9.17, 15) is 4.79 Å². The largest absolute Gasteiger partial charge is 0.351 e. The van der Waals surface area contributed by atoms with Crippen LogP contribution in [0.3, 0.4) is 0 Å². The number of nitrogens with zero attached hydrogens (tertiary/aromatic N) is 3. The van der Waals surface area contributed by atoms with Gasteiger partial charge < -0.3 is 14.8 Å². The number of aromatic nitrogens is 2. The van der Waals surface area contributed by atoms with Crippen molar-refractivity contribution < 1.29 is 4.79 Å². The van der Waals surface area contributed by atoms with E-state index in [1.165, 1.54) is 5.56 Å². The number of likely N-dealkylation sites (N-methyl/N-ethyl adjacent to an activating group) is 1. The Bertz CT molecular complexity index is 1170. The molecule has 27 heavy (non-hydrogen) atoms. The number of para-hydroxylation sites is 1. The van der Waals surface area contributed by atoms with Crippen LogP contribution in [0.1, 0.15) is 15.9 Å². The number of hydrogen-bond acceptors (Lipinski definition) is 3. The van der Waals surface area contributed by atoms with E-state index in [4.69, 9.17) is 4.98 Å². The summed E-state index contributed by atoms with van der Waals surface area (Å²) in [6.45, 7) is 3.52. The molecule has 5 heteroatoms. The standard InChI is InChI=1S/C22H24N4O/c1-14-7-5-10-17-19(14)21-18(26(17)4)13-15-8-6-9-16(20(15)24-21)22(27)23-11-12-25(2)3/h5-10,13H,11-12H2,1-4H3,(H,23,27). The molecule has 0 atom stereocenters. The quantitative estimate of drug-likeness (QED) is 0.606. The molecular formula is C22H24N4O. The van der Waals surface area contributed by atoms with Crippen LogP contribution in [0.4, 0.5) is 0 Å². The molecule has 4 rings (SSSR count). The summed E-state index contributed by atoms with van der Waals surface area (Å²) in [4.78, 5) is 19.7. The summed E-state index contributed by atoms with van der Waals surface area (Å²) >= 11 is 0. The van der Waals surface area contributed by atoms with Crippen molar-refractivity contribution in [2.75, 3.05) is 27.2 Å². The number of aryl methyl sites for hydroxylation is 2. The molecule has 2 heterocycles. The van der Waals surface area contributed by atoms with E-state index in [1.807, 2.05) is 37.2 Å². The third kappa shape index (κ3) is 2.94. The van der Waals surface area contributed by atoms with Crippen LogP contribution in [-0.4, -0.2) is 47.5 Å². The number of pyridine rings is 1. The minimum absolute atomic E-state index is 0.0775. The second-order valence-corrected chi connectivity index (χ2v) is 7.32. The van der Waals surface area contributed by atoms with Crippen molar-refractivity contribution >= 4 is 38.7 Å². The first-order valence-electron chi connectivity index (χ1n) is 9.18. The average molecular weight is 360 g/mol. The Morgan fingerprint density at radius 1 is 1.11 bits per heavy atom. The molecule has 0 fully saturated rings. The molecule has 138 valence electrons. The second-order valence-electron chi connectivity index (χ2n) is 7.32. The molecule has 0 saturated heterocycles. The molecule has 2 aromatic carbocycles. The first kappa shape index (κ1) is 17.5. The molecule has 0 saturated carbocycles. The molecule has 0 aliphatic rings. The first-order chi connectivity index (χ1) is 13.0. The molecule has 0 aliphatic carbocycles. The normalized spacial score (nSPS) is 11.7. The zero-order valence-electron chi connectivity index (χ0n) is 16.2. The number of fused-ring (bicyclic) bond motifs is 4. The molecule has 0 spiro atoms. The SMILES string of the molecule is Cc1cccc2c1c1nc3c(C(=O)NCCN(C)C)cccc3cc1n2C. The molecule has 0 bridgehead atoms. The smallest absolute Gasteiger partial charge is 0.253 e. The fourth-order valence-corrected chi connectivity index (χ4v) is 3.67. The van der Waals surface area contributed by atoms with Crippen molar-refractivity contribution in [2.24, 2.45) is 7.05 Å². The molecule has 2 aromatic heterocycles. The van der Waals surface area contributed by atoms with Crippen molar-refractivity contribution in [3.8, 4) is 0 Å². The summed E-state index contributed by atoms with van der Waals surface area (Å²) in [5, 5.41) is 5.13. The van der Waals surface area contributed by atoms with Crippen LogP contribution in [0, 0.1) is 6.92 Å². The first-order valence-corrected chi connectivity index (χ1v) is 9.18. The van der Waals surface area contributed by atoms with E-state index < -0.39 is 0 Å².